The third-order valence-corrected chi connectivity index (χ3v) is 3.57. The first-order chi connectivity index (χ1) is 9.86. The van der Waals surface area contributed by atoms with Crippen LogP contribution in [0.3, 0.4) is 0 Å². The molecule has 7 heteroatoms. The molecule has 1 aliphatic rings. The summed E-state index contributed by atoms with van der Waals surface area (Å²) in [5.41, 5.74) is 0.928. The van der Waals surface area contributed by atoms with Crippen molar-refractivity contribution in [3.8, 4) is 0 Å². The van der Waals surface area contributed by atoms with Crippen molar-refractivity contribution < 1.29 is 13.2 Å². The van der Waals surface area contributed by atoms with Gasteiger partial charge in [0.15, 0.2) is 0 Å². The van der Waals surface area contributed by atoms with Crippen LogP contribution in [-0.2, 0) is 6.54 Å². The molecule has 2 rings (SSSR count). The van der Waals surface area contributed by atoms with Gasteiger partial charge in [0.2, 0.25) is 5.95 Å². The van der Waals surface area contributed by atoms with Crippen molar-refractivity contribution in [1.29, 1.82) is 0 Å². The molecule has 1 N–H and O–H groups in total. The molecule has 0 bridgehead atoms. The third kappa shape index (κ3) is 4.56. The topological polar surface area (TPSA) is 41.1 Å². The van der Waals surface area contributed by atoms with Crippen LogP contribution in [0.1, 0.15) is 32.3 Å². The molecule has 1 unspecified atom stereocenters. The number of anilines is 1. The predicted octanol–water partition coefficient (Wildman–Crippen LogP) is 2.75. The van der Waals surface area contributed by atoms with Crippen molar-refractivity contribution in [2.24, 2.45) is 5.92 Å². The van der Waals surface area contributed by atoms with Crippen LogP contribution in [-0.4, -0.2) is 35.3 Å². The van der Waals surface area contributed by atoms with Crippen LogP contribution in [0, 0.1) is 5.92 Å². The van der Waals surface area contributed by atoms with Gasteiger partial charge in [-0.1, -0.05) is 13.8 Å². The minimum Gasteiger partial charge on any atom is -0.340 e. The highest BCUT2D eigenvalue weighted by molar-refractivity contribution is 5.30. The maximum absolute atomic E-state index is 12.8. The van der Waals surface area contributed by atoms with Crippen molar-refractivity contribution in [3.05, 3.63) is 18.0 Å². The lowest BCUT2D eigenvalue weighted by molar-refractivity contribution is -0.176. The molecule has 0 amide bonds. The lowest BCUT2D eigenvalue weighted by atomic mass is 9.98. The lowest BCUT2D eigenvalue weighted by Crippen LogP contribution is -2.42. The molecule has 0 spiro atoms. The smallest absolute Gasteiger partial charge is 0.340 e. The van der Waals surface area contributed by atoms with Crippen LogP contribution in [0.2, 0.25) is 0 Å². The van der Waals surface area contributed by atoms with Gasteiger partial charge in [-0.3, -0.25) is 0 Å². The number of hydrogen-bond acceptors (Lipinski definition) is 4. The van der Waals surface area contributed by atoms with E-state index in [1.54, 1.807) is 17.3 Å². The number of nitrogens with one attached hydrogen (secondary N) is 1. The van der Waals surface area contributed by atoms with E-state index in [0.717, 1.165) is 5.56 Å². The second-order valence-corrected chi connectivity index (χ2v) is 5.75. The summed E-state index contributed by atoms with van der Waals surface area (Å²) < 4.78 is 38.4. The Balaban J connectivity index is 1.98. The Bertz CT molecular complexity index is 445. The van der Waals surface area contributed by atoms with E-state index < -0.39 is 12.1 Å². The maximum atomic E-state index is 12.8. The van der Waals surface area contributed by atoms with Gasteiger partial charge in [-0.15, -0.1) is 0 Å². The Morgan fingerprint density at radius 3 is 2.57 bits per heavy atom. The SMILES string of the molecule is CC(C)NCc1cnc(N2CCCC(C(F)(F)F)C2)nc1. The molecule has 1 fully saturated rings. The molecule has 118 valence electrons. The Morgan fingerprint density at radius 1 is 1.33 bits per heavy atom. The average molecular weight is 302 g/mol. The Hall–Kier alpha value is -1.37. The fraction of sp³-hybridized carbons (Fsp3) is 0.714. The monoisotopic (exact) mass is 302 g/mol. The zero-order valence-electron chi connectivity index (χ0n) is 12.3. The van der Waals surface area contributed by atoms with Gasteiger partial charge >= 0.3 is 6.18 Å². The highest BCUT2D eigenvalue weighted by atomic mass is 19.4. The Kier molecular flexibility index (Phi) is 5.03. The normalized spacial score (nSPS) is 20.1. The van der Waals surface area contributed by atoms with Crippen LogP contribution < -0.4 is 10.2 Å². The van der Waals surface area contributed by atoms with Crippen molar-refractivity contribution in [2.75, 3.05) is 18.0 Å². The molecule has 1 saturated heterocycles. The summed E-state index contributed by atoms with van der Waals surface area (Å²) >= 11 is 0. The first-order valence-electron chi connectivity index (χ1n) is 7.22. The van der Waals surface area contributed by atoms with Crippen LogP contribution in [0.5, 0.6) is 0 Å². The van der Waals surface area contributed by atoms with E-state index in [1.165, 1.54) is 0 Å². The van der Waals surface area contributed by atoms with Gasteiger partial charge in [0, 0.05) is 43.6 Å². The zero-order valence-corrected chi connectivity index (χ0v) is 12.3. The number of rotatable bonds is 4. The van der Waals surface area contributed by atoms with Crippen LogP contribution in [0.15, 0.2) is 12.4 Å². The van der Waals surface area contributed by atoms with E-state index >= 15 is 0 Å². The fourth-order valence-corrected chi connectivity index (χ4v) is 2.35. The molecule has 4 nitrogen and oxygen atoms in total. The van der Waals surface area contributed by atoms with Crippen LogP contribution in [0.25, 0.3) is 0 Å². The fourth-order valence-electron chi connectivity index (χ4n) is 2.35. The van der Waals surface area contributed by atoms with E-state index in [1.807, 2.05) is 13.8 Å². The summed E-state index contributed by atoms with van der Waals surface area (Å²) in [6.07, 6.45) is -0.0792. The molecule has 21 heavy (non-hydrogen) atoms. The van der Waals surface area contributed by atoms with Gasteiger partial charge < -0.3 is 10.2 Å². The number of halogens is 3. The molecule has 0 radical (unpaired) electrons. The molecule has 1 aromatic heterocycles. The van der Waals surface area contributed by atoms with E-state index in [0.29, 0.717) is 31.5 Å². The molecular weight excluding hydrogens is 281 g/mol. The highest BCUT2D eigenvalue weighted by Crippen LogP contribution is 2.33. The minimum absolute atomic E-state index is 0.0485. The van der Waals surface area contributed by atoms with Gasteiger partial charge in [0.25, 0.3) is 0 Å². The van der Waals surface area contributed by atoms with E-state index in [9.17, 15) is 13.2 Å². The van der Waals surface area contributed by atoms with Gasteiger partial charge in [0.05, 0.1) is 5.92 Å². The maximum Gasteiger partial charge on any atom is 0.393 e. The third-order valence-electron chi connectivity index (χ3n) is 3.57. The first-order valence-corrected chi connectivity index (χ1v) is 7.22. The molecular formula is C14H21F3N4. The van der Waals surface area contributed by atoms with Crippen LogP contribution in [0.4, 0.5) is 19.1 Å². The Morgan fingerprint density at radius 2 is 2.00 bits per heavy atom. The summed E-state index contributed by atoms with van der Waals surface area (Å²) in [6.45, 7) is 5.27. The lowest BCUT2D eigenvalue weighted by Gasteiger charge is -2.33. The quantitative estimate of drug-likeness (QED) is 0.928. The zero-order chi connectivity index (χ0) is 15.5. The summed E-state index contributed by atoms with van der Waals surface area (Å²) in [4.78, 5) is 10.0. The second-order valence-electron chi connectivity index (χ2n) is 5.75. The molecule has 1 aliphatic heterocycles. The summed E-state index contributed by atoms with van der Waals surface area (Å²) in [5.74, 6) is -0.894. The van der Waals surface area contributed by atoms with Gasteiger partial charge in [-0.05, 0) is 12.8 Å². The van der Waals surface area contributed by atoms with Gasteiger partial charge in [-0.2, -0.15) is 13.2 Å². The van der Waals surface area contributed by atoms with Crippen molar-refractivity contribution >= 4 is 5.95 Å². The van der Waals surface area contributed by atoms with Crippen molar-refractivity contribution in [3.63, 3.8) is 0 Å². The number of nitrogens with zero attached hydrogens (tertiary/aromatic N) is 3. The summed E-state index contributed by atoms with van der Waals surface area (Å²) in [5, 5.41) is 3.25. The Labute approximate surface area is 122 Å². The van der Waals surface area contributed by atoms with Gasteiger partial charge in [-0.25, -0.2) is 9.97 Å². The molecule has 2 heterocycles. The van der Waals surface area contributed by atoms with Gasteiger partial charge in [0.1, 0.15) is 0 Å². The average Bonchev–Trinajstić information content (AvgIpc) is 2.45. The summed E-state index contributed by atoms with van der Waals surface area (Å²) in [6, 6.07) is 0.360. The van der Waals surface area contributed by atoms with E-state index in [2.05, 4.69) is 15.3 Å². The minimum atomic E-state index is -4.14. The molecule has 0 aliphatic carbocycles. The second kappa shape index (κ2) is 6.60. The van der Waals surface area contributed by atoms with E-state index in [-0.39, 0.29) is 13.0 Å². The molecule has 0 saturated carbocycles. The summed E-state index contributed by atoms with van der Waals surface area (Å²) in [7, 11) is 0. The number of hydrogen-bond donors (Lipinski definition) is 1. The molecule has 0 aromatic carbocycles. The number of piperidine rings is 1. The van der Waals surface area contributed by atoms with E-state index in [4.69, 9.17) is 0 Å². The number of alkyl halides is 3. The highest BCUT2D eigenvalue weighted by Gasteiger charge is 2.42. The van der Waals surface area contributed by atoms with Crippen LogP contribution >= 0.6 is 0 Å². The number of aromatic nitrogens is 2. The van der Waals surface area contributed by atoms with Crippen molar-refractivity contribution in [2.45, 2.75) is 45.5 Å². The standard InChI is InChI=1S/C14H21F3N4/c1-10(2)18-6-11-7-19-13(20-8-11)21-5-3-4-12(9-21)14(15,16)17/h7-8,10,12,18H,3-6,9H2,1-2H3. The predicted molar refractivity (Wildman–Crippen MR) is 75.0 cm³/mol. The first kappa shape index (κ1) is 16.0. The van der Waals surface area contributed by atoms with Crippen molar-refractivity contribution in [1.82, 2.24) is 15.3 Å². The molecule has 1 atom stereocenters. The largest absolute Gasteiger partial charge is 0.393 e. The molecule has 1 aromatic rings.